The van der Waals surface area contributed by atoms with Crippen LogP contribution in [0.5, 0.6) is 0 Å². The first kappa shape index (κ1) is 20.1. The Balaban J connectivity index is 1.56. The van der Waals surface area contributed by atoms with Crippen molar-refractivity contribution >= 4 is 16.9 Å². The van der Waals surface area contributed by atoms with Crippen molar-refractivity contribution in [1.82, 2.24) is 9.62 Å². The summed E-state index contributed by atoms with van der Waals surface area (Å²) in [6.45, 7) is 1.06. The zero-order valence-electron chi connectivity index (χ0n) is 15.8. The number of hydrogen-bond acceptors (Lipinski definition) is 2. The van der Waals surface area contributed by atoms with E-state index in [0.717, 1.165) is 24.6 Å². The molecule has 1 saturated heterocycles. The highest BCUT2D eigenvalue weighted by atomic mass is 32.2. The van der Waals surface area contributed by atoms with Crippen LogP contribution >= 0.6 is 0 Å². The molecule has 1 aliphatic heterocycles. The fraction of sp³-hybridized carbons (Fsp3) is 0.381. The van der Waals surface area contributed by atoms with Crippen molar-refractivity contribution in [1.29, 1.82) is 0 Å². The first-order valence-electron chi connectivity index (χ1n) is 9.47. The van der Waals surface area contributed by atoms with Crippen molar-refractivity contribution < 1.29 is 22.2 Å². The maximum atomic E-state index is 14.3. The third kappa shape index (κ3) is 4.09. The topological polar surface area (TPSA) is 49.4 Å². The minimum atomic E-state index is -1.14. The summed E-state index contributed by atoms with van der Waals surface area (Å²) in [4.78, 5) is 14.6. The van der Waals surface area contributed by atoms with Gasteiger partial charge in [0.1, 0.15) is 17.5 Å². The molecule has 2 fully saturated rings. The molecule has 0 bridgehead atoms. The normalized spacial score (nSPS) is 24.6. The van der Waals surface area contributed by atoms with Crippen LogP contribution in [0, 0.1) is 23.4 Å². The van der Waals surface area contributed by atoms with Gasteiger partial charge in [0.25, 0.3) is 0 Å². The average molecular weight is 422 g/mol. The molecule has 1 aliphatic carbocycles. The summed E-state index contributed by atoms with van der Waals surface area (Å²) in [5, 5.41) is 0. The number of rotatable bonds is 5. The number of benzene rings is 2. The highest BCUT2D eigenvalue weighted by Crippen LogP contribution is 2.52. The predicted molar refractivity (Wildman–Crippen MR) is 105 cm³/mol. The Kier molecular flexibility index (Phi) is 5.48. The van der Waals surface area contributed by atoms with E-state index in [1.807, 2.05) is 0 Å². The van der Waals surface area contributed by atoms with E-state index >= 15 is 0 Å². The minimum absolute atomic E-state index is 0.00382. The Morgan fingerprint density at radius 3 is 2.59 bits per heavy atom. The van der Waals surface area contributed by atoms with Crippen LogP contribution in [-0.4, -0.2) is 40.4 Å². The molecule has 154 valence electrons. The van der Waals surface area contributed by atoms with Crippen LogP contribution < -0.4 is 4.72 Å². The number of carbonyl (C=O) groups excluding carboxylic acids is 1. The lowest BCUT2D eigenvalue weighted by atomic mass is 9.94. The number of amides is 1. The average Bonchev–Trinajstić information content (AvgIpc) is 3.31. The molecule has 8 heteroatoms. The van der Waals surface area contributed by atoms with E-state index in [0.29, 0.717) is 25.1 Å². The molecule has 0 radical (unpaired) electrons. The highest BCUT2D eigenvalue weighted by molar-refractivity contribution is 7.82. The first-order valence-corrected chi connectivity index (χ1v) is 11.0. The zero-order chi connectivity index (χ0) is 20.7. The van der Waals surface area contributed by atoms with Gasteiger partial charge in [-0.15, -0.1) is 0 Å². The van der Waals surface area contributed by atoms with Crippen molar-refractivity contribution in [2.75, 3.05) is 19.3 Å². The van der Waals surface area contributed by atoms with Gasteiger partial charge < -0.3 is 4.90 Å². The molecule has 1 N–H and O–H groups in total. The monoisotopic (exact) mass is 422 g/mol. The third-order valence-corrected chi connectivity index (χ3v) is 6.25. The maximum absolute atomic E-state index is 14.3. The summed E-state index contributed by atoms with van der Waals surface area (Å²) in [6, 6.07) is 7.43. The van der Waals surface area contributed by atoms with Crippen LogP contribution in [0.3, 0.4) is 0 Å². The van der Waals surface area contributed by atoms with E-state index < -0.39 is 28.4 Å². The molecule has 4 nitrogen and oxygen atoms in total. The van der Waals surface area contributed by atoms with Gasteiger partial charge in [0.15, 0.2) is 0 Å². The van der Waals surface area contributed by atoms with E-state index in [9.17, 15) is 22.2 Å². The Morgan fingerprint density at radius 1 is 1.17 bits per heavy atom. The van der Waals surface area contributed by atoms with Crippen molar-refractivity contribution in [2.45, 2.75) is 24.8 Å². The van der Waals surface area contributed by atoms with E-state index in [1.54, 1.807) is 11.2 Å². The molecule has 4 rings (SSSR count). The van der Waals surface area contributed by atoms with Gasteiger partial charge in [-0.25, -0.2) is 22.1 Å². The van der Waals surface area contributed by atoms with E-state index in [2.05, 4.69) is 4.72 Å². The molecular formula is C21H21F3N2O2S. The van der Waals surface area contributed by atoms with E-state index in [-0.39, 0.29) is 34.9 Å². The van der Waals surface area contributed by atoms with Gasteiger partial charge in [-0.3, -0.25) is 4.79 Å². The highest BCUT2D eigenvalue weighted by Gasteiger charge is 2.48. The largest absolute Gasteiger partial charge is 0.341 e. The van der Waals surface area contributed by atoms with Crippen LogP contribution in [0.15, 0.2) is 36.4 Å². The van der Waals surface area contributed by atoms with Crippen molar-refractivity contribution in [3.63, 3.8) is 0 Å². The standard InChI is InChI=1S/C21H21F3N2O2S/c1-29(28)25-13-7-8-26(11-13)21(27)17-10-15(17)14-6-5-12(22)9-16(14)20-18(23)3-2-4-19(20)24/h2-6,9,13,15,17,25H,7-8,10-11H2,1H3. The Labute approximate surface area is 169 Å². The minimum Gasteiger partial charge on any atom is -0.341 e. The maximum Gasteiger partial charge on any atom is 0.226 e. The summed E-state index contributed by atoms with van der Waals surface area (Å²) in [7, 11) is -1.14. The number of hydrogen-bond donors (Lipinski definition) is 1. The molecule has 0 spiro atoms. The molecular weight excluding hydrogens is 401 g/mol. The van der Waals surface area contributed by atoms with Gasteiger partial charge in [-0.1, -0.05) is 12.1 Å². The molecule has 1 saturated carbocycles. The van der Waals surface area contributed by atoms with Gasteiger partial charge in [0.05, 0.1) is 16.5 Å². The number of nitrogens with zero attached hydrogens (tertiary/aromatic N) is 1. The van der Waals surface area contributed by atoms with Crippen molar-refractivity contribution in [2.24, 2.45) is 5.92 Å². The SMILES string of the molecule is CS(=O)NC1CCN(C(=O)C2CC2c2ccc(F)cc2-c2c(F)cccc2F)C1. The second kappa shape index (κ2) is 7.91. The van der Waals surface area contributed by atoms with Gasteiger partial charge in [-0.05, 0) is 54.2 Å². The first-order chi connectivity index (χ1) is 13.8. The van der Waals surface area contributed by atoms with Gasteiger partial charge >= 0.3 is 0 Å². The number of carbonyl (C=O) groups is 1. The molecule has 4 atom stereocenters. The molecule has 1 amide bonds. The molecule has 0 aromatic heterocycles. The number of likely N-dealkylation sites (tertiary alicyclic amines) is 1. The van der Waals surface area contributed by atoms with Crippen LogP contribution in [0.1, 0.15) is 24.3 Å². The van der Waals surface area contributed by atoms with Crippen molar-refractivity contribution in [3.8, 4) is 11.1 Å². The number of nitrogens with one attached hydrogen (secondary N) is 1. The second-order valence-electron chi connectivity index (χ2n) is 7.62. The quantitative estimate of drug-likeness (QED) is 0.804. The Hall–Kier alpha value is -2.19. The van der Waals surface area contributed by atoms with Gasteiger partial charge in [0, 0.05) is 31.3 Å². The molecule has 2 aromatic carbocycles. The van der Waals surface area contributed by atoms with Crippen molar-refractivity contribution in [3.05, 3.63) is 59.4 Å². The summed E-state index contributed by atoms with van der Waals surface area (Å²) < 4.78 is 56.7. The zero-order valence-corrected chi connectivity index (χ0v) is 16.6. The molecule has 1 heterocycles. The molecule has 29 heavy (non-hydrogen) atoms. The molecule has 2 aromatic rings. The van der Waals surface area contributed by atoms with Crippen LogP contribution in [-0.2, 0) is 15.8 Å². The van der Waals surface area contributed by atoms with Crippen LogP contribution in [0.25, 0.3) is 11.1 Å². The second-order valence-corrected chi connectivity index (χ2v) is 8.76. The van der Waals surface area contributed by atoms with E-state index in [4.69, 9.17) is 0 Å². The lowest BCUT2D eigenvalue weighted by Gasteiger charge is -2.17. The fourth-order valence-electron chi connectivity index (χ4n) is 4.16. The lowest BCUT2D eigenvalue weighted by molar-refractivity contribution is -0.131. The summed E-state index contributed by atoms with van der Waals surface area (Å²) in [6.07, 6.45) is 2.84. The predicted octanol–water partition coefficient (Wildman–Crippen LogP) is 3.36. The van der Waals surface area contributed by atoms with Gasteiger partial charge in [-0.2, -0.15) is 0 Å². The molecule has 2 aliphatic rings. The van der Waals surface area contributed by atoms with E-state index in [1.165, 1.54) is 18.2 Å². The van der Waals surface area contributed by atoms with Gasteiger partial charge in [0.2, 0.25) is 5.91 Å². The Bertz CT molecular complexity index is 964. The summed E-state index contributed by atoms with van der Waals surface area (Å²) in [5.41, 5.74) is 0.469. The lowest BCUT2D eigenvalue weighted by Crippen LogP contribution is -2.36. The van der Waals surface area contributed by atoms with Crippen LogP contribution in [0.4, 0.5) is 13.2 Å². The number of halogens is 3. The third-order valence-electron chi connectivity index (χ3n) is 5.59. The van der Waals surface area contributed by atoms with Crippen LogP contribution in [0.2, 0.25) is 0 Å². The summed E-state index contributed by atoms with van der Waals surface area (Å²) in [5.74, 6) is -2.63. The Morgan fingerprint density at radius 2 is 1.90 bits per heavy atom. The molecule has 4 unspecified atom stereocenters. The smallest absolute Gasteiger partial charge is 0.226 e. The fourth-order valence-corrected chi connectivity index (χ4v) is 4.82. The summed E-state index contributed by atoms with van der Waals surface area (Å²) >= 11 is 0.